The van der Waals surface area contributed by atoms with Crippen molar-refractivity contribution in [2.24, 2.45) is 11.8 Å². The number of carbonyl (C=O) groups is 1. The van der Waals surface area contributed by atoms with Crippen LogP contribution in [0, 0.1) is 30.1 Å². The van der Waals surface area contributed by atoms with Gasteiger partial charge in [-0.15, -0.1) is 0 Å². The molecule has 0 radical (unpaired) electrons. The summed E-state index contributed by atoms with van der Waals surface area (Å²) in [6, 6.07) is 19.1. The minimum absolute atomic E-state index is 0.0860. The molecule has 2 aromatic heterocycles. The number of carbonyl (C=O) groups excluding carboxylic acids is 1. The number of amides is 1. The van der Waals surface area contributed by atoms with Crippen molar-refractivity contribution >= 4 is 5.91 Å². The molecule has 2 fully saturated rings. The van der Waals surface area contributed by atoms with E-state index in [0.717, 1.165) is 23.2 Å². The fraction of sp³-hybridized carbons (Fsp3) is 0.259. The summed E-state index contributed by atoms with van der Waals surface area (Å²) >= 11 is 0. The maximum Gasteiger partial charge on any atom is 0.273 e. The molecule has 6 heteroatoms. The highest BCUT2D eigenvalue weighted by Gasteiger charge is 2.51. The molecular formula is C27H24N4O2. The van der Waals surface area contributed by atoms with Crippen molar-refractivity contribution in [2.45, 2.75) is 19.4 Å². The van der Waals surface area contributed by atoms with Crippen LogP contribution in [0.1, 0.15) is 28.2 Å². The number of rotatable bonds is 5. The number of piperidine rings is 1. The molecule has 3 heterocycles. The molecule has 2 aliphatic rings. The van der Waals surface area contributed by atoms with E-state index in [9.17, 15) is 4.79 Å². The van der Waals surface area contributed by atoms with Crippen molar-refractivity contribution in [3.63, 3.8) is 0 Å². The SMILES string of the molecule is C=C1C2CC(COc3ccc(C#N)cn3)N(C(=O)c3nc(C)ccc3-c3ccccc3)CC12. The lowest BCUT2D eigenvalue weighted by Gasteiger charge is -2.35. The van der Waals surface area contributed by atoms with Crippen LogP contribution in [-0.2, 0) is 0 Å². The summed E-state index contributed by atoms with van der Waals surface area (Å²) in [5.41, 5.74) is 4.76. The molecule has 0 spiro atoms. The first-order valence-corrected chi connectivity index (χ1v) is 11.1. The fourth-order valence-electron chi connectivity index (χ4n) is 4.61. The molecule has 1 saturated heterocycles. The molecule has 1 aromatic carbocycles. The number of hydrogen-bond donors (Lipinski definition) is 0. The molecular weight excluding hydrogens is 412 g/mol. The Morgan fingerprint density at radius 2 is 2.00 bits per heavy atom. The molecule has 3 aromatic rings. The highest BCUT2D eigenvalue weighted by molar-refractivity contribution is 5.99. The molecule has 3 atom stereocenters. The Morgan fingerprint density at radius 3 is 2.73 bits per heavy atom. The van der Waals surface area contributed by atoms with Crippen LogP contribution in [0.3, 0.4) is 0 Å². The van der Waals surface area contributed by atoms with Crippen LogP contribution in [0.15, 0.2) is 72.9 Å². The van der Waals surface area contributed by atoms with Gasteiger partial charge in [0.05, 0.1) is 11.6 Å². The number of aromatic nitrogens is 2. The van der Waals surface area contributed by atoms with Crippen LogP contribution < -0.4 is 4.74 Å². The molecule has 0 N–H and O–H groups in total. The number of likely N-dealkylation sites (tertiary alicyclic amines) is 1. The standard InChI is InChI=1S/C27H24N4O2/c1-17-8-10-22(20-6-4-3-5-7-20)26(30-17)27(32)31-15-24-18(2)23(24)12-21(31)16-33-25-11-9-19(13-28)14-29-25/h3-11,14,21,23-24H,2,12,15-16H2,1H3. The number of fused-ring (bicyclic) bond motifs is 1. The van der Waals surface area contributed by atoms with Crippen molar-refractivity contribution in [3.8, 4) is 23.1 Å². The molecule has 1 saturated carbocycles. The van der Waals surface area contributed by atoms with Gasteiger partial charge in [0.25, 0.3) is 5.91 Å². The predicted molar refractivity (Wildman–Crippen MR) is 124 cm³/mol. The average molecular weight is 437 g/mol. The van der Waals surface area contributed by atoms with E-state index in [1.54, 1.807) is 12.1 Å². The van der Waals surface area contributed by atoms with E-state index in [1.807, 2.05) is 54.3 Å². The normalized spacial score (nSPS) is 21.2. The van der Waals surface area contributed by atoms with Gasteiger partial charge in [-0.25, -0.2) is 9.97 Å². The first-order chi connectivity index (χ1) is 16.0. The lowest BCUT2D eigenvalue weighted by Crippen LogP contribution is -2.48. The van der Waals surface area contributed by atoms with Gasteiger partial charge in [0.2, 0.25) is 5.88 Å². The maximum atomic E-state index is 13.8. The average Bonchev–Trinajstić information content (AvgIpc) is 3.50. The number of benzene rings is 1. The van der Waals surface area contributed by atoms with E-state index in [-0.39, 0.29) is 11.9 Å². The maximum absolute atomic E-state index is 13.8. The van der Waals surface area contributed by atoms with E-state index in [2.05, 4.69) is 22.6 Å². The Labute approximate surface area is 193 Å². The van der Waals surface area contributed by atoms with E-state index in [0.29, 0.717) is 42.1 Å². The molecule has 1 aliphatic heterocycles. The second-order valence-electron chi connectivity index (χ2n) is 8.66. The first kappa shape index (κ1) is 20.9. The number of pyridine rings is 2. The van der Waals surface area contributed by atoms with E-state index in [4.69, 9.17) is 10.00 Å². The summed E-state index contributed by atoms with van der Waals surface area (Å²) in [6.07, 6.45) is 2.30. The van der Waals surface area contributed by atoms with Gasteiger partial charge in [0.15, 0.2) is 0 Å². The molecule has 164 valence electrons. The van der Waals surface area contributed by atoms with Gasteiger partial charge in [0.1, 0.15) is 18.4 Å². The third-order valence-electron chi connectivity index (χ3n) is 6.56. The van der Waals surface area contributed by atoms with Crippen LogP contribution in [0.25, 0.3) is 11.1 Å². The number of nitriles is 1. The third kappa shape index (κ3) is 4.10. The zero-order valence-electron chi connectivity index (χ0n) is 18.4. The molecule has 6 nitrogen and oxygen atoms in total. The van der Waals surface area contributed by atoms with E-state index >= 15 is 0 Å². The number of aryl methyl sites for hydroxylation is 1. The van der Waals surface area contributed by atoms with Gasteiger partial charge in [0, 0.05) is 36.0 Å². The molecule has 3 unspecified atom stereocenters. The van der Waals surface area contributed by atoms with E-state index < -0.39 is 0 Å². The van der Waals surface area contributed by atoms with Crippen LogP contribution in [-0.4, -0.2) is 40.0 Å². The summed E-state index contributed by atoms with van der Waals surface area (Å²) in [4.78, 5) is 24.6. The van der Waals surface area contributed by atoms with Crippen molar-refractivity contribution in [3.05, 3.63) is 89.9 Å². The smallest absolute Gasteiger partial charge is 0.273 e. The van der Waals surface area contributed by atoms with Crippen molar-refractivity contribution in [2.75, 3.05) is 13.2 Å². The Balaban J connectivity index is 1.42. The lowest BCUT2D eigenvalue weighted by atomic mass is 9.99. The second-order valence-corrected chi connectivity index (χ2v) is 8.66. The summed E-state index contributed by atoms with van der Waals surface area (Å²) in [7, 11) is 0. The first-order valence-electron chi connectivity index (χ1n) is 11.1. The van der Waals surface area contributed by atoms with Gasteiger partial charge in [-0.1, -0.05) is 48.6 Å². The lowest BCUT2D eigenvalue weighted by molar-refractivity contribution is 0.0503. The fourth-order valence-corrected chi connectivity index (χ4v) is 4.61. The number of ether oxygens (including phenoxy) is 1. The van der Waals surface area contributed by atoms with E-state index in [1.165, 1.54) is 11.8 Å². The number of hydrogen-bond acceptors (Lipinski definition) is 5. The van der Waals surface area contributed by atoms with Crippen molar-refractivity contribution in [1.82, 2.24) is 14.9 Å². The van der Waals surface area contributed by atoms with Crippen LogP contribution >= 0.6 is 0 Å². The number of nitrogens with zero attached hydrogens (tertiary/aromatic N) is 4. The largest absolute Gasteiger partial charge is 0.475 e. The minimum Gasteiger partial charge on any atom is -0.475 e. The zero-order valence-corrected chi connectivity index (χ0v) is 18.4. The van der Waals surface area contributed by atoms with Gasteiger partial charge in [-0.2, -0.15) is 5.26 Å². The van der Waals surface area contributed by atoms with Gasteiger partial charge in [-0.3, -0.25) is 4.79 Å². The van der Waals surface area contributed by atoms with Crippen molar-refractivity contribution in [1.29, 1.82) is 5.26 Å². The highest BCUT2D eigenvalue weighted by Crippen LogP contribution is 2.51. The minimum atomic E-state index is -0.110. The topological polar surface area (TPSA) is 79.1 Å². The predicted octanol–water partition coefficient (Wildman–Crippen LogP) is 4.42. The Morgan fingerprint density at radius 1 is 1.18 bits per heavy atom. The van der Waals surface area contributed by atoms with Crippen molar-refractivity contribution < 1.29 is 9.53 Å². The summed E-state index contributed by atoms with van der Waals surface area (Å²) in [5.74, 6) is 1.15. The van der Waals surface area contributed by atoms with Gasteiger partial charge in [-0.05, 0) is 37.0 Å². The Kier molecular flexibility index (Phi) is 5.39. The monoisotopic (exact) mass is 436 g/mol. The molecule has 0 bridgehead atoms. The van der Waals surface area contributed by atoms with Crippen LogP contribution in [0.2, 0.25) is 0 Å². The summed E-state index contributed by atoms with van der Waals surface area (Å²) in [6.45, 7) is 7.04. The Bertz CT molecular complexity index is 1250. The van der Waals surface area contributed by atoms with Crippen LogP contribution in [0.4, 0.5) is 0 Å². The third-order valence-corrected chi connectivity index (χ3v) is 6.56. The highest BCUT2D eigenvalue weighted by atomic mass is 16.5. The molecule has 1 aliphatic carbocycles. The molecule has 33 heavy (non-hydrogen) atoms. The summed E-state index contributed by atoms with van der Waals surface area (Å²) < 4.78 is 5.94. The van der Waals surface area contributed by atoms with Gasteiger partial charge < -0.3 is 9.64 Å². The molecule has 5 rings (SSSR count). The Hall–Kier alpha value is -3.98. The zero-order chi connectivity index (χ0) is 22.9. The second kappa shape index (κ2) is 8.51. The molecule has 1 amide bonds. The quantitative estimate of drug-likeness (QED) is 0.553. The summed E-state index contributed by atoms with van der Waals surface area (Å²) in [5, 5.41) is 8.96. The van der Waals surface area contributed by atoms with Gasteiger partial charge >= 0.3 is 0 Å². The van der Waals surface area contributed by atoms with Crippen LogP contribution in [0.5, 0.6) is 5.88 Å².